The third-order valence-corrected chi connectivity index (χ3v) is 3.06. The highest BCUT2D eigenvalue weighted by molar-refractivity contribution is 5.35. The van der Waals surface area contributed by atoms with Crippen LogP contribution in [0.15, 0.2) is 18.2 Å². The van der Waals surface area contributed by atoms with Gasteiger partial charge in [0.05, 0.1) is 13.2 Å². The first-order valence-corrected chi connectivity index (χ1v) is 6.89. The number of ether oxygens (including phenoxy) is 1. The van der Waals surface area contributed by atoms with Gasteiger partial charge in [-0.25, -0.2) is 0 Å². The Labute approximate surface area is 120 Å². The molecule has 1 unspecified atom stereocenters. The van der Waals surface area contributed by atoms with Crippen molar-refractivity contribution >= 4 is 0 Å². The van der Waals surface area contributed by atoms with Crippen molar-refractivity contribution in [1.82, 2.24) is 4.90 Å². The number of aliphatic hydroxyl groups is 3. The van der Waals surface area contributed by atoms with Crippen molar-refractivity contribution in [2.24, 2.45) is 0 Å². The van der Waals surface area contributed by atoms with Gasteiger partial charge in [0.1, 0.15) is 18.5 Å². The molecule has 0 amide bonds. The van der Waals surface area contributed by atoms with E-state index in [-0.39, 0.29) is 19.8 Å². The molecule has 20 heavy (non-hydrogen) atoms. The van der Waals surface area contributed by atoms with Crippen LogP contribution in [0.25, 0.3) is 0 Å². The monoisotopic (exact) mass is 283 g/mol. The summed E-state index contributed by atoms with van der Waals surface area (Å²) in [7, 11) is 0. The lowest BCUT2D eigenvalue weighted by molar-refractivity contribution is 0.0550. The zero-order valence-corrected chi connectivity index (χ0v) is 12.2. The Balaban J connectivity index is 2.43. The molecule has 0 bridgehead atoms. The van der Waals surface area contributed by atoms with Gasteiger partial charge >= 0.3 is 0 Å². The lowest BCUT2D eigenvalue weighted by atomic mass is 10.1. The molecule has 0 radical (unpaired) electrons. The summed E-state index contributed by atoms with van der Waals surface area (Å²) in [6, 6.07) is 5.90. The van der Waals surface area contributed by atoms with E-state index in [1.165, 1.54) is 5.56 Å². The second-order valence-electron chi connectivity index (χ2n) is 4.98. The Kier molecular flexibility index (Phi) is 7.54. The largest absolute Gasteiger partial charge is 0.491 e. The fourth-order valence-electron chi connectivity index (χ4n) is 2.08. The standard InChI is InChI=1S/C15H25NO4/c1-12-3-4-15(13(2)9-12)20-11-14(19)10-16(5-7-17)6-8-18/h3-4,9,14,17-19H,5-8,10-11H2,1-2H3. The molecule has 1 aromatic rings. The summed E-state index contributed by atoms with van der Waals surface area (Å²) < 4.78 is 5.61. The second-order valence-corrected chi connectivity index (χ2v) is 4.98. The molecule has 0 fully saturated rings. The van der Waals surface area contributed by atoms with Gasteiger partial charge in [-0.05, 0) is 25.5 Å². The first kappa shape index (κ1) is 16.9. The van der Waals surface area contributed by atoms with Crippen LogP contribution in [-0.4, -0.2) is 65.8 Å². The summed E-state index contributed by atoms with van der Waals surface area (Å²) in [6.07, 6.45) is -0.659. The molecule has 1 atom stereocenters. The van der Waals surface area contributed by atoms with Crippen LogP contribution in [0.3, 0.4) is 0 Å². The van der Waals surface area contributed by atoms with Gasteiger partial charge in [0, 0.05) is 19.6 Å². The third kappa shape index (κ3) is 5.88. The fourth-order valence-corrected chi connectivity index (χ4v) is 2.08. The highest BCUT2D eigenvalue weighted by Crippen LogP contribution is 2.18. The normalized spacial score (nSPS) is 12.7. The maximum atomic E-state index is 9.95. The summed E-state index contributed by atoms with van der Waals surface area (Å²) in [6.45, 7) is 5.42. The molecule has 0 heterocycles. The minimum absolute atomic E-state index is 0.00461. The van der Waals surface area contributed by atoms with Crippen molar-refractivity contribution in [1.29, 1.82) is 0 Å². The SMILES string of the molecule is Cc1ccc(OCC(O)CN(CCO)CCO)c(C)c1. The van der Waals surface area contributed by atoms with Crippen LogP contribution in [0.4, 0.5) is 0 Å². The van der Waals surface area contributed by atoms with E-state index in [0.29, 0.717) is 19.6 Å². The molecule has 5 nitrogen and oxygen atoms in total. The van der Waals surface area contributed by atoms with Gasteiger partial charge < -0.3 is 20.1 Å². The smallest absolute Gasteiger partial charge is 0.122 e. The third-order valence-electron chi connectivity index (χ3n) is 3.06. The second kappa shape index (κ2) is 8.92. The maximum absolute atomic E-state index is 9.95. The van der Waals surface area contributed by atoms with Crippen molar-refractivity contribution in [3.63, 3.8) is 0 Å². The predicted octanol–water partition coefficient (Wildman–Crippen LogP) is 0.330. The average Bonchev–Trinajstić information content (AvgIpc) is 2.38. The minimum Gasteiger partial charge on any atom is -0.491 e. The minimum atomic E-state index is -0.659. The van der Waals surface area contributed by atoms with E-state index in [4.69, 9.17) is 14.9 Å². The summed E-state index contributed by atoms with van der Waals surface area (Å²) in [4.78, 5) is 1.80. The van der Waals surface area contributed by atoms with Crippen molar-refractivity contribution in [2.75, 3.05) is 39.5 Å². The molecule has 0 aliphatic heterocycles. The zero-order chi connectivity index (χ0) is 15.0. The van der Waals surface area contributed by atoms with Gasteiger partial charge in [-0.15, -0.1) is 0 Å². The number of aryl methyl sites for hydroxylation is 2. The number of benzene rings is 1. The van der Waals surface area contributed by atoms with Crippen molar-refractivity contribution in [3.8, 4) is 5.75 Å². The zero-order valence-electron chi connectivity index (χ0n) is 12.2. The Hall–Kier alpha value is -1.14. The molecule has 1 rings (SSSR count). The van der Waals surface area contributed by atoms with Gasteiger partial charge in [-0.1, -0.05) is 17.7 Å². The molecule has 1 aromatic carbocycles. The van der Waals surface area contributed by atoms with Gasteiger partial charge in [-0.3, -0.25) is 4.90 Å². The molecule has 0 aliphatic rings. The molecular weight excluding hydrogens is 258 g/mol. The molecule has 0 saturated heterocycles. The van der Waals surface area contributed by atoms with Gasteiger partial charge in [0.25, 0.3) is 0 Å². The molecule has 0 saturated carbocycles. The van der Waals surface area contributed by atoms with Crippen molar-refractivity contribution in [2.45, 2.75) is 20.0 Å². The van der Waals surface area contributed by atoms with E-state index < -0.39 is 6.10 Å². The summed E-state index contributed by atoms with van der Waals surface area (Å²) >= 11 is 0. The number of hydrogen-bond donors (Lipinski definition) is 3. The van der Waals surface area contributed by atoms with Crippen LogP contribution < -0.4 is 4.74 Å². The summed E-state index contributed by atoms with van der Waals surface area (Å²) in [5, 5.41) is 27.8. The Bertz CT molecular complexity index is 391. The van der Waals surface area contributed by atoms with E-state index in [1.54, 1.807) is 4.90 Å². The Morgan fingerprint density at radius 1 is 1.15 bits per heavy atom. The molecule has 3 N–H and O–H groups in total. The molecule has 0 aromatic heterocycles. The molecule has 114 valence electrons. The number of hydrogen-bond acceptors (Lipinski definition) is 5. The fraction of sp³-hybridized carbons (Fsp3) is 0.600. The van der Waals surface area contributed by atoms with Crippen LogP contribution in [0.2, 0.25) is 0 Å². The topological polar surface area (TPSA) is 73.2 Å². The van der Waals surface area contributed by atoms with Crippen LogP contribution in [0, 0.1) is 13.8 Å². The van der Waals surface area contributed by atoms with Crippen LogP contribution in [0.1, 0.15) is 11.1 Å². The first-order chi connectivity index (χ1) is 9.56. The van der Waals surface area contributed by atoms with Crippen LogP contribution in [0.5, 0.6) is 5.75 Å². The predicted molar refractivity (Wildman–Crippen MR) is 78.0 cm³/mol. The quantitative estimate of drug-likeness (QED) is 0.609. The summed E-state index contributed by atoms with van der Waals surface area (Å²) in [5.41, 5.74) is 2.22. The van der Waals surface area contributed by atoms with E-state index >= 15 is 0 Å². The van der Waals surface area contributed by atoms with E-state index in [2.05, 4.69) is 0 Å². The van der Waals surface area contributed by atoms with Gasteiger partial charge in [0.2, 0.25) is 0 Å². The highest BCUT2D eigenvalue weighted by Gasteiger charge is 2.12. The van der Waals surface area contributed by atoms with Crippen molar-refractivity contribution < 1.29 is 20.1 Å². The molecule has 5 heteroatoms. The first-order valence-electron chi connectivity index (χ1n) is 6.89. The van der Waals surface area contributed by atoms with E-state index in [1.807, 2.05) is 32.0 Å². The van der Waals surface area contributed by atoms with E-state index in [9.17, 15) is 5.11 Å². The van der Waals surface area contributed by atoms with Gasteiger partial charge in [0.15, 0.2) is 0 Å². The highest BCUT2D eigenvalue weighted by atomic mass is 16.5. The van der Waals surface area contributed by atoms with Crippen molar-refractivity contribution in [3.05, 3.63) is 29.3 Å². The van der Waals surface area contributed by atoms with E-state index in [0.717, 1.165) is 11.3 Å². The van der Waals surface area contributed by atoms with Crippen LogP contribution >= 0.6 is 0 Å². The molecule has 0 aliphatic carbocycles. The van der Waals surface area contributed by atoms with Gasteiger partial charge in [-0.2, -0.15) is 0 Å². The Morgan fingerprint density at radius 3 is 2.35 bits per heavy atom. The number of aliphatic hydroxyl groups excluding tert-OH is 3. The average molecular weight is 283 g/mol. The maximum Gasteiger partial charge on any atom is 0.122 e. The Morgan fingerprint density at radius 2 is 1.80 bits per heavy atom. The summed E-state index contributed by atoms with van der Waals surface area (Å²) in [5.74, 6) is 0.769. The molecule has 0 spiro atoms. The van der Waals surface area contributed by atoms with Crippen LogP contribution in [-0.2, 0) is 0 Å². The number of rotatable bonds is 9. The lowest BCUT2D eigenvalue weighted by Crippen LogP contribution is -2.38. The lowest BCUT2D eigenvalue weighted by Gasteiger charge is -2.23. The number of nitrogens with zero attached hydrogens (tertiary/aromatic N) is 1. The molecular formula is C15H25NO4.